The van der Waals surface area contributed by atoms with E-state index in [-0.39, 0.29) is 17.4 Å². The molecule has 1 unspecified atom stereocenters. The maximum atomic E-state index is 10.2. The van der Waals surface area contributed by atoms with E-state index in [9.17, 15) is 14.9 Å². The molecule has 0 bridgehead atoms. The van der Waals surface area contributed by atoms with Crippen LogP contribution in [0.25, 0.3) is 0 Å². The second-order valence-corrected chi connectivity index (χ2v) is 3.47. The first-order valence-corrected chi connectivity index (χ1v) is 4.29. The van der Waals surface area contributed by atoms with Gasteiger partial charge in [-0.25, -0.2) is 0 Å². The summed E-state index contributed by atoms with van der Waals surface area (Å²) in [6, 6.07) is 0. The van der Waals surface area contributed by atoms with E-state index in [4.69, 9.17) is 5.11 Å². The van der Waals surface area contributed by atoms with Crippen molar-refractivity contribution in [3.05, 3.63) is 21.2 Å². The smallest absolute Gasteiger partial charge is 0.303 e. The van der Waals surface area contributed by atoms with Crippen LogP contribution in [0.5, 0.6) is 0 Å². The van der Waals surface area contributed by atoms with Gasteiger partial charge in [-0.2, -0.15) is 0 Å². The first-order valence-electron chi connectivity index (χ1n) is 3.30. The normalized spacial score (nSPS) is 22.0. The Hall–Kier alpha value is -1.04. The van der Waals surface area contributed by atoms with Crippen LogP contribution in [0, 0.1) is 16.0 Å². The van der Waals surface area contributed by atoms with E-state index in [1.807, 2.05) is 0 Å². The Balaban J connectivity index is 2.53. The Bertz CT molecular complexity index is 250. The van der Waals surface area contributed by atoms with Gasteiger partial charge in [-0.05, 0) is 0 Å². The molecule has 1 aliphatic rings. The zero-order chi connectivity index (χ0) is 9.14. The number of aliphatic carboxylic acids is 1. The van der Waals surface area contributed by atoms with Crippen molar-refractivity contribution in [2.45, 2.75) is 6.42 Å². The van der Waals surface area contributed by atoms with E-state index < -0.39 is 10.9 Å². The highest BCUT2D eigenvalue weighted by atomic mass is 32.2. The molecule has 0 fully saturated rings. The molecular weight excluding hydrogens is 182 g/mol. The molecule has 0 saturated heterocycles. The van der Waals surface area contributed by atoms with Crippen LogP contribution in [0.4, 0.5) is 0 Å². The first kappa shape index (κ1) is 9.05. The number of carboxylic acids is 1. The summed E-state index contributed by atoms with van der Waals surface area (Å²) in [6.45, 7) is 0. The molecule has 0 aromatic heterocycles. The van der Waals surface area contributed by atoms with Crippen LogP contribution >= 0.6 is 11.8 Å². The van der Waals surface area contributed by atoms with Gasteiger partial charge >= 0.3 is 5.97 Å². The monoisotopic (exact) mass is 189 g/mol. The van der Waals surface area contributed by atoms with Crippen molar-refractivity contribution in [2.24, 2.45) is 5.92 Å². The second kappa shape index (κ2) is 3.57. The molecule has 0 amide bonds. The molecule has 1 atom stereocenters. The number of carbonyl (C=O) groups is 1. The maximum absolute atomic E-state index is 10.2. The number of hydrogen-bond acceptors (Lipinski definition) is 4. The first-order chi connectivity index (χ1) is 5.59. The van der Waals surface area contributed by atoms with Gasteiger partial charge in [0, 0.05) is 17.7 Å². The topological polar surface area (TPSA) is 80.4 Å². The van der Waals surface area contributed by atoms with Crippen molar-refractivity contribution in [1.82, 2.24) is 0 Å². The lowest BCUT2D eigenvalue weighted by Crippen LogP contribution is -2.04. The minimum absolute atomic E-state index is 0.0235. The van der Waals surface area contributed by atoms with Crippen molar-refractivity contribution < 1.29 is 14.8 Å². The summed E-state index contributed by atoms with van der Waals surface area (Å²) in [4.78, 5) is 19.9. The van der Waals surface area contributed by atoms with Crippen LogP contribution in [0.3, 0.4) is 0 Å². The van der Waals surface area contributed by atoms with Gasteiger partial charge in [0.2, 0.25) is 0 Å². The minimum Gasteiger partial charge on any atom is -0.481 e. The summed E-state index contributed by atoms with van der Waals surface area (Å²) in [5.74, 6) is -0.600. The average molecular weight is 189 g/mol. The molecule has 0 saturated carbocycles. The standard InChI is InChI=1S/C6H7NO4S/c8-6(9)2-4-1-5(7(10)11)12-3-4/h1,4H,2-3H2,(H,8,9). The zero-order valence-electron chi connectivity index (χ0n) is 6.10. The van der Waals surface area contributed by atoms with Gasteiger partial charge in [0.25, 0.3) is 5.03 Å². The van der Waals surface area contributed by atoms with E-state index in [2.05, 4.69) is 0 Å². The number of allylic oxidation sites excluding steroid dienone is 1. The van der Waals surface area contributed by atoms with E-state index in [0.717, 1.165) is 11.8 Å². The third kappa shape index (κ3) is 2.23. The molecule has 12 heavy (non-hydrogen) atoms. The van der Waals surface area contributed by atoms with Gasteiger partial charge in [0.15, 0.2) is 0 Å². The predicted octanol–water partition coefficient (Wildman–Crippen LogP) is 0.942. The van der Waals surface area contributed by atoms with Crippen molar-refractivity contribution in [3.8, 4) is 0 Å². The number of nitro groups is 1. The van der Waals surface area contributed by atoms with E-state index >= 15 is 0 Å². The van der Waals surface area contributed by atoms with E-state index in [1.165, 1.54) is 6.08 Å². The van der Waals surface area contributed by atoms with Gasteiger partial charge in [0.1, 0.15) is 0 Å². The van der Waals surface area contributed by atoms with E-state index in [0.29, 0.717) is 5.75 Å². The molecule has 6 heteroatoms. The Labute approximate surface area is 72.6 Å². The third-order valence-electron chi connectivity index (χ3n) is 1.44. The maximum Gasteiger partial charge on any atom is 0.303 e. The molecule has 0 spiro atoms. The molecule has 1 aliphatic heterocycles. The summed E-state index contributed by atoms with van der Waals surface area (Å²) >= 11 is 1.10. The average Bonchev–Trinajstić information content (AvgIpc) is 2.34. The molecule has 66 valence electrons. The zero-order valence-corrected chi connectivity index (χ0v) is 6.91. The van der Waals surface area contributed by atoms with Crippen LogP contribution in [0.15, 0.2) is 11.1 Å². The molecule has 1 rings (SSSR count). The number of thioether (sulfide) groups is 1. The van der Waals surface area contributed by atoms with Gasteiger partial charge in [-0.3, -0.25) is 14.9 Å². The largest absolute Gasteiger partial charge is 0.481 e. The molecule has 0 aliphatic carbocycles. The summed E-state index contributed by atoms with van der Waals surface area (Å²) in [7, 11) is 0. The lowest BCUT2D eigenvalue weighted by atomic mass is 10.1. The van der Waals surface area contributed by atoms with Crippen LogP contribution in [0.1, 0.15) is 6.42 Å². The highest BCUT2D eigenvalue weighted by molar-refractivity contribution is 8.03. The molecule has 1 heterocycles. The van der Waals surface area contributed by atoms with Gasteiger partial charge < -0.3 is 5.11 Å². The quantitative estimate of drug-likeness (QED) is 0.528. The van der Waals surface area contributed by atoms with Crippen LogP contribution in [-0.4, -0.2) is 21.8 Å². The molecule has 5 nitrogen and oxygen atoms in total. The predicted molar refractivity (Wildman–Crippen MR) is 43.3 cm³/mol. The van der Waals surface area contributed by atoms with Gasteiger partial charge in [-0.15, -0.1) is 0 Å². The highest BCUT2D eigenvalue weighted by Gasteiger charge is 2.25. The van der Waals surface area contributed by atoms with Gasteiger partial charge in [0.05, 0.1) is 11.3 Å². The Morgan fingerprint density at radius 3 is 3.00 bits per heavy atom. The van der Waals surface area contributed by atoms with Crippen molar-refractivity contribution in [1.29, 1.82) is 0 Å². The second-order valence-electron chi connectivity index (χ2n) is 2.43. The Morgan fingerprint density at radius 2 is 2.58 bits per heavy atom. The molecule has 1 N–H and O–H groups in total. The molecule has 0 radical (unpaired) electrons. The highest BCUT2D eigenvalue weighted by Crippen LogP contribution is 2.30. The fourth-order valence-corrected chi connectivity index (χ4v) is 1.94. The third-order valence-corrected chi connectivity index (χ3v) is 2.62. The number of hydrogen-bond donors (Lipinski definition) is 1. The SMILES string of the molecule is O=C(O)CC1C=C([N+](=O)[O-])SC1. The van der Waals surface area contributed by atoms with Crippen LogP contribution < -0.4 is 0 Å². The van der Waals surface area contributed by atoms with Crippen LogP contribution in [0.2, 0.25) is 0 Å². The summed E-state index contributed by atoms with van der Waals surface area (Å²) < 4.78 is 0. The Kier molecular flexibility index (Phi) is 2.69. The van der Waals surface area contributed by atoms with Crippen LogP contribution in [-0.2, 0) is 4.79 Å². The lowest BCUT2D eigenvalue weighted by molar-refractivity contribution is -0.410. The fourth-order valence-electron chi connectivity index (χ4n) is 0.946. The molecule has 0 aromatic carbocycles. The van der Waals surface area contributed by atoms with Crippen molar-refractivity contribution in [2.75, 3.05) is 5.75 Å². The molecule has 0 aromatic rings. The van der Waals surface area contributed by atoms with Crippen molar-refractivity contribution >= 4 is 17.7 Å². The minimum atomic E-state index is -0.915. The summed E-state index contributed by atoms with van der Waals surface area (Å²) in [5.41, 5.74) is 0. The number of rotatable bonds is 3. The Morgan fingerprint density at radius 1 is 1.92 bits per heavy atom. The number of carboxylic acid groups (broad SMARTS) is 1. The van der Waals surface area contributed by atoms with Gasteiger partial charge in [-0.1, -0.05) is 11.8 Å². The summed E-state index contributed by atoms with van der Waals surface area (Å²) in [6.07, 6.45) is 1.39. The van der Waals surface area contributed by atoms with Crippen molar-refractivity contribution in [3.63, 3.8) is 0 Å². The molecular formula is C6H7NO4S. The number of nitrogens with zero attached hydrogens (tertiary/aromatic N) is 1. The summed E-state index contributed by atoms with van der Waals surface area (Å²) in [5, 5.41) is 18.7. The lowest BCUT2D eigenvalue weighted by Gasteiger charge is -1.97. The fraction of sp³-hybridized carbons (Fsp3) is 0.500. The van der Waals surface area contributed by atoms with E-state index in [1.54, 1.807) is 0 Å².